The number of aromatic nitrogens is 1. The van der Waals surface area contributed by atoms with Crippen molar-refractivity contribution in [2.45, 2.75) is 0 Å². The Balaban J connectivity index is 1.81. The van der Waals surface area contributed by atoms with Gasteiger partial charge in [-0.1, -0.05) is 30.3 Å². The summed E-state index contributed by atoms with van der Waals surface area (Å²) in [7, 11) is 0. The van der Waals surface area contributed by atoms with Gasteiger partial charge in [0.2, 0.25) is 0 Å². The third-order valence-electron chi connectivity index (χ3n) is 2.86. The monoisotopic (exact) mass is 264 g/mol. The molecule has 1 N–H and O–H groups in total. The minimum absolute atomic E-state index is 0.512. The second-order valence-electron chi connectivity index (χ2n) is 4.23. The van der Waals surface area contributed by atoms with Gasteiger partial charge in [-0.15, -0.1) is 0 Å². The SMILES string of the molecule is O=C(Nc1ccccc1)Oc1cccc2cnccc12. The van der Waals surface area contributed by atoms with Crippen LogP contribution in [0.4, 0.5) is 10.5 Å². The molecule has 2 aromatic carbocycles. The number of fused-ring (bicyclic) bond motifs is 1. The summed E-state index contributed by atoms with van der Waals surface area (Å²) in [6.45, 7) is 0. The molecule has 3 rings (SSSR count). The van der Waals surface area contributed by atoms with E-state index in [9.17, 15) is 4.79 Å². The highest BCUT2D eigenvalue weighted by Crippen LogP contribution is 2.24. The van der Waals surface area contributed by atoms with E-state index in [-0.39, 0.29) is 0 Å². The summed E-state index contributed by atoms with van der Waals surface area (Å²) in [6.07, 6.45) is 2.89. The van der Waals surface area contributed by atoms with Crippen molar-refractivity contribution >= 4 is 22.6 Å². The number of nitrogens with zero attached hydrogens (tertiary/aromatic N) is 1. The number of hydrogen-bond acceptors (Lipinski definition) is 3. The Morgan fingerprint density at radius 1 is 1.00 bits per heavy atom. The van der Waals surface area contributed by atoms with Crippen LogP contribution in [-0.4, -0.2) is 11.1 Å². The average Bonchev–Trinajstić information content (AvgIpc) is 2.48. The van der Waals surface area contributed by atoms with Crippen molar-refractivity contribution in [1.82, 2.24) is 4.98 Å². The smallest absolute Gasteiger partial charge is 0.409 e. The Morgan fingerprint density at radius 2 is 1.85 bits per heavy atom. The zero-order valence-corrected chi connectivity index (χ0v) is 10.6. The van der Waals surface area contributed by atoms with Crippen molar-refractivity contribution < 1.29 is 9.53 Å². The molecule has 0 fully saturated rings. The van der Waals surface area contributed by atoms with Crippen LogP contribution in [0.25, 0.3) is 10.8 Å². The minimum Gasteiger partial charge on any atom is -0.409 e. The molecule has 0 spiro atoms. The Bertz CT molecular complexity index is 736. The number of hydrogen-bond donors (Lipinski definition) is 1. The zero-order chi connectivity index (χ0) is 13.8. The minimum atomic E-state index is -0.513. The van der Waals surface area contributed by atoms with E-state index in [1.807, 2.05) is 36.4 Å². The zero-order valence-electron chi connectivity index (χ0n) is 10.6. The van der Waals surface area contributed by atoms with Crippen LogP contribution in [-0.2, 0) is 0 Å². The number of ether oxygens (including phenoxy) is 1. The van der Waals surface area contributed by atoms with E-state index in [2.05, 4.69) is 10.3 Å². The van der Waals surface area contributed by atoms with E-state index < -0.39 is 6.09 Å². The van der Waals surface area contributed by atoms with Crippen molar-refractivity contribution in [2.24, 2.45) is 0 Å². The van der Waals surface area contributed by atoms with Crippen LogP contribution in [0, 0.1) is 0 Å². The first-order valence-corrected chi connectivity index (χ1v) is 6.19. The van der Waals surface area contributed by atoms with Gasteiger partial charge in [0, 0.05) is 28.9 Å². The van der Waals surface area contributed by atoms with Crippen LogP contribution in [0.2, 0.25) is 0 Å². The maximum Gasteiger partial charge on any atom is 0.417 e. The standard InChI is InChI=1S/C16H12N2O2/c19-16(18-13-6-2-1-3-7-13)20-15-8-4-5-12-11-17-10-9-14(12)15/h1-11H,(H,18,19). The first-order chi connectivity index (χ1) is 9.83. The molecule has 0 radical (unpaired) electrons. The van der Waals surface area contributed by atoms with Crippen LogP contribution in [0.1, 0.15) is 0 Å². The van der Waals surface area contributed by atoms with Crippen molar-refractivity contribution in [2.75, 3.05) is 5.32 Å². The topological polar surface area (TPSA) is 51.2 Å². The Hall–Kier alpha value is -2.88. The second kappa shape index (κ2) is 5.40. The summed E-state index contributed by atoms with van der Waals surface area (Å²) in [6, 6.07) is 16.5. The number of benzene rings is 2. The van der Waals surface area contributed by atoms with Gasteiger partial charge in [-0.2, -0.15) is 0 Å². The van der Waals surface area contributed by atoms with Gasteiger partial charge < -0.3 is 4.74 Å². The number of para-hydroxylation sites is 1. The number of nitrogens with one attached hydrogen (secondary N) is 1. The molecule has 0 bridgehead atoms. The van der Waals surface area contributed by atoms with Crippen LogP contribution in [0.5, 0.6) is 5.75 Å². The van der Waals surface area contributed by atoms with Gasteiger partial charge in [0.25, 0.3) is 0 Å². The summed E-state index contributed by atoms with van der Waals surface area (Å²) in [5, 5.41) is 4.46. The van der Waals surface area contributed by atoms with Crippen molar-refractivity contribution in [1.29, 1.82) is 0 Å². The molecule has 98 valence electrons. The van der Waals surface area contributed by atoms with E-state index in [0.29, 0.717) is 11.4 Å². The quantitative estimate of drug-likeness (QED) is 0.765. The summed E-state index contributed by atoms with van der Waals surface area (Å²) < 4.78 is 5.35. The molecule has 20 heavy (non-hydrogen) atoms. The maximum absolute atomic E-state index is 11.9. The van der Waals surface area contributed by atoms with E-state index in [0.717, 1.165) is 10.8 Å². The first kappa shape index (κ1) is 12.2. The van der Waals surface area contributed by atoms with Crippen LogP contribution in [0.3, 0.4) is 0 Å². The number of rotatable bonds is 2. The first-order valence-electron chi connectivity index (χ1n) is 6.19. The predicted molar refractivity (Wildman–Crippen MR) is 77.8 cm³/mol. The number of anilines is 1. The third kappa shape index (κ3) is 2.59. The molecule has 0 atom stereocenters. The van der Waals surface area contributed by atoms with Gasteiger partial charge in [-0.05, 0) is 24.3 Å². The summed E-state index contributed by atoms with van der Waals surface area (Å²) in [5.41, 5.74) is 0.694. The Kier molecular flexibility index (Phi) is 3.29. The number of amides is 1. The van der Waals surface area contributed by atoms with E-state index >= 15 is 0 Å². The third-order valence-corrected chi connectivity index (χ3v) is 2.86. The molecule has 1 aromatic heterocycles. The van der Waals surface area contributed by atoms with Gasteiger partial charge in [0.15, 0.2) is 0 Å². The van der Waals surface area contributed by atoms with Crippen molar-refractivity contribution in [3.8, 4) is 5.75 Å². The van der Waals surface area contributed by atoms with Crippen molar-refractivity contribution in [3.63, 3.8) is 0 Å². The van der Waals surface area contributed by atoms with Crippen LogP contribution < -0.4 is 10.1 Å². The molecule has 1 heterocycles. The molecule has 0 aliphatic rings. The van der Waals surface area contributed by atoms with E-state index in [1.54, 1.807) is 30.6 Å². The lowest BCUT2D eigenvalue weighted by molar-refractivity contribution is 0.215. The molecule has 0 aliphatic heterocycles. The highest BCUT2D eigenvalue weighted by Gasteiger charge is 2.07. The fourth-order valence-corrected chi connectivity index (χ4v) is 1.95. The molecule has 0 aliphatic carbocycles. The number of carbonyl (C=O) groups is 1. The number of pyridine rings is 1. The highest BCUT2D eigenvalue weighted by atomic mass is 16.6. The van der Waals surface area contributed by atoms with E-state index in [1.165, 1.54) is 0 Å². The molecule has 4 heteroatoms. The predicted octanol–water partition coefficient (Wildman–Crippen LogP) is 3.85. The van der Waals surface area contributed by atoms with Gasteiger partial charge in [0.05, 0.1) is 0 Å². The molecule has 0 saturated carbocycles. The van der Waals surface area contributed by atoms with Gasteiger partial charge in [0.1, 0.15) is 5.75 Å². The molecular formula is C16H12N2O2. The summed E-state index contributed by atoms with van der Waals surface area (Å²) in [4.78, 5) is 15.9. The fraction of sp³-hybridized carbons (Fsp3) is 0. The molecule has 0 saturated heterocycles. The molecule has 0 unspecified atom stereocenters. The number of carbonyl (C=O) groups excluding carboxylic acids is 1. The lowest BCUT2D eigenvalue weighted by Gasteiger charge is -2.08. The second-order valence-corrected chi connectivity index (χ2v) is 4.23. The van der Waals surface area contributed by atoms with Gasteiger partial charge >= 0.3 is 6.09 Å². The Labute approximate surface area is 116 Å². The largest absolute Gasteiger partial charge is 0.417 e. The normalized spacial score (nSPS) is 10.2. The van der Waals surface area contributed by atoms with E-state index in [4.69, 9.17) is 4.74 Å². The molecule has 1 amide bonds. The summed E-state index contributed by atoms with van der Waals surface area (Å²) >= 11 is 0. The lowest BCUT2D eigenvalue weighted by Crippen LogP contribution is -2.16. The Morgan fingerprint density at radius 3 is 2.70 bits per heavy atom. The maximum atomic E-state index is 11.9. The fourth-order valence-electron chi connectivity index (χ4n) is 1.95. The molecule has 3 aromatic rings. The van der Waals surface area contributed by atoms with Crippen molar-refractivity contribution in [3.05, 3.63) is 67.0 Å². The summed E-state index contributed by atoms with van der Waals surface area (Å²) in [5.74, 6) is 0.512. The lowest BCUT2D eigenvalue weighted by atomic mass is 10.1. The van der Waals surface area contributed by atoms with Gasteiger partial charge in [-0.25, -0.2) is 4.79 Å². The average molecular weight is 264 g/mol. The molecule has 4 nitrogen and oxygen atoms in total. The van der Waals surface area contributed by atoms with Crippen LogP contribution >= 0.6 is 0 Å². The highest BCUT2D eigenvalue weighted by molar-refractivity contribution is 5.92. The van der Waals surface area contributed by atoms with Crippen LogP contribution in [0.15, 0.2) is 67.0 Å². The molecular weight excluding hydrogens is 252 g/mol. The van der Waals surface area contributed by atoms with Gasteiger partial charge in [-0.3, -0.25) is 10.3 Å².